The Morgan fingerprint density at radius 3 is 1.90 bits per heavy atom. The third-order valence-corrected chi connectivity index (χ3v) is 5.33. The van der Waals surface area contributed by atoms with Crippen molar-refractivity contribution in [3.8, 4) is 11.1 Å². The first kappa shape index (κ1) is 24.9. The zero-order valence-electron chi connectivity index (χ0n) is 18.8. The van der Waals surface area contributed by atoms with Gasteiger partial charge >= 0.3 is 37.9 Å². The van der Waals surface area contributed by atoms with Crippen molar-refractivity contribution >= 4 is 23.1 Å². The molecule has 0 fully saturated rings. The van der Waals surface area contributed by atoms with Gasteiger partial charge < -0.3 is 0 Å². The minimum atomic E-state index is -0.826. The summed E-state index contributed by atoms with van der Waals surface area (Å²) in [5.41, 5.74) is 10.0. The Balaban J connectivity index is 0.000000941. The van der Waals surface area contributed by atoms with Gasteiger partial charge in [0.15, 0.2) is 0 Å². The van der Waals surface area contributed by atoms with E-state index < -0.39 is 20.8 Å². The third-order valence-electron chi connectivity index (χ3n) is 5.33. The quantitative estimate of drug-likeness (QED) is 0.389. The Labute approximate surface area is 196 Å². The van der Waals surface area contributed by atoms with Gasteiger partial charge in [0.05, 0.1) is 0 Å². The van der Waals surface area contributed by atoms with Crippen molar-refractivity contribution in [2.24, 2.45) is 0 Å². The van der Waals surface area contributed by atoms with Crippen LogP contribution >= 0.6 is 17.0 Å². The van der Waals surface area contributed by atoms with Gasteiger partial charge in [0.1, 0.15) is 0 Å². The van der Waals surface area contributed by atoms with Crippen molar-refractivity contribution in [3.05, 3.63) is 70.6 Å². The summed E-state index contributed by atoms with van der Waals surface area (Å²) in [6.07, 6.45) is 7.11. The van der Waals surface area contributed by atoms with E-state index in [9.17, 15) is 0 Å². The van der Waals surface area contributed by atoms with Crippen molar-refractivity contribution in [1.29, 1.82) is 0 Å². The fraction of sp³-hybridized carbons (Fsp3) is 0.423. The van der Waals surface area contributed by atoms with Gasteiger partial charge in [-0.3, -0.25) is 0 Å². The maximum atomic E-state index is 4.93. The van der Waals surface area contributed by atoms with Crippen LogP contribution in [0.5, 0.6) is 0 Å². The normalized spacial score (nSPS) is 13.3. The zero-order chi connectivity index (χ0) is 21.8. The first-order valence-electron chi connectivity index (χ1n) is 10.3. The van der Waals surface area contributed by atoms with Crippen LogP contribution in [0.4, 0.5) is 0 Å². The molecular weight excluding hydrogens is 474 g/mol. The number of halogens is 2. The topological polar surface area (TPSA) is 0 Å². The summed E-state index contributed by atoms with van der Waals surface area (Å²) in [5.74, 6) is 0. The standard InChI is InChI=1S/C26H33.2ClH.Zr/c1-8-10-18-13-19-11-9-12-23(24(19)14-18)20-15-21(25(2,3)4)17-22(16-20)26(5,6)7;;;/h9,11-17H,8,10H2,1-7H3;2*1H;/q;;;+2/p-2. The van der Waals surface area contributed by atoms with Crippen LogP contribution < -0.4 is 0 Å². The van der Waals surface area contributed by atoms with E-state index in [2.05, 4.69) is 97.4 Å². The summed E-state index contributed by atoms with van der Waals surface area (Å²) < 4.78 is 0. The van der Waals surface area contributed by atoms with Gasteiger partial charge in [-0.05, 0) is 50.6 Å². The Hall–Kier alpha value is -0.357. The fourth-order valence-corrected chi connectivity index (χ4v) is 3.63. The molecule has 0 bridgehead atoms. The first-order valence-corrected chi connectivity index (χ1v) is 16.6. The molecule has 1 aliphatic rings. The van der Waals surface area contributed by atoms with Crippen LogP contribution in [0.1, 0.15) is 83.6 Å². The molecule has 0 N–H and O–H groups in total. The minimum absolute atomic E-state index is 0.142. The Morgan fingerprint density at radius 2 is 1.41 bits per heavy atom. The molecule has 1 aliphatic carbocycles. The van der Waals surface area contributed by atoms with E-state index in [1.165, 1.54) is 45.4 Å². The van der Waals surface area contributed by atoms with Gasteiger partial charge in [-0.15, -0.1) is 0 Å². The predicted molar refractivity (Wildman–Crippen MR) is 127 cm³/mol. The average molecular weight is 508 g/mol. The number of fused-ring (bicyclic) bond motifs is 1. The molecule has 0 amide bonds. The van der Waals surface area contributed by atoms with Gasteiger partial charge in [-0.2, -0.15) is 0 Å². The van der Waals surface area contributed by atoms with Crippen LogP contribution in [0.15, 0.2) is 42.0 Å². The second-order valence-corrected chi connectivity index (χ2v) is 13.5. The van der Waals surface area contributed by atoms with Crippen LogP contribution in [0.3, 0.4) is 0 Å². The summed E-state index contributed by atoms with van der Waals surface area (Å²) in [5, 5.41) is 0. The molecule has 2 aromatic carbocycles. The van der Waals surface area contributed by atoms with Gasteiger partial charge in [0.2, 0.25) is 0 Å². The molecule has 0 unspecified atom stereocenters. The molecular formula is C26H33Cl2Zr. The molecule has 0 heterocycles. The second kappa shape index (κ2) is 10.3. The van der Waals surface area contributed by atoms with Crippen molar-refractivity contribution in [1.82, 2.24) is 0 Å². The summed E-state index contributed by atoms with van der Waals surface area (Å²) in [6.45, 7) is 16.1. The Kier molecular flexibility index (Phi) is 8.85. The van der Waals surface area contributed by atoms with Crippen molar-refractivity contribution in [2.45, 2.75) is 72.1 Å². The van der Waals surface area contributed by atoms with Crippen LogP contribution in [0.2, 0.25) is 0 Å². The number of hydrogen-bond acceptors (Lipinski definition) is 0. The molecule has 29 heavy (non-hydrogen) atoms. The molecule has 0 saturated carbocycles. The van der Waals surface area contributed by atoms with E-state index in [-0.39, 0.29) is 10.8 Å². The van der Waals surface area contributed by atoms with E-state index in [4.69, 9.17) is 17.0 Å². The fourth-order valence-electron chi connectivity index (χ4n) is 3.63. The second-order valence-electron chi connectivity index (χ2n) is 9.79. The molecule has 0 aliphatic heterocycles. The molecule has 3 heteroatoms. The molecule has 2 aromatic rings. The monoisotopic (exact) mass is 505 g/mol. The number of hydrogen-bond donors (Lipinski definition) is 0. The van der Waals surface area contributed by atoms with Crippen LogP contribution in [-0.2, 0) is 31.7 Å². The molecule has 0 spiro atoms. The van der Waals surface area contributed by atoms with E-state index in [1.807, 2.05) is 0 Å². The van der Waals surface area contributed by atoms with Crippen LogP contribution in [-0.4, -0.2) is 0 Å². The Bertz CT molecular complexity index is 835. The molecule has 155 valence electrons. The first-order chi connectivity index (χ1) is 13.5. The van der Waals surface area contributed by atoms with E-state index in [0.717, 1.165) is 6.42 Å². The predicted octanol–water partition coefficient (Wildman–Crippen LogP) is 9.07. The maximum absolute atomic E-state index is 4.93. The van der Waals surface area contributed by atoms with Crippen LogP contribution in [0, 0.1) is 6.42 Å². The SMILES string of the molecule is CCCC1=Cc2c(cccc2-c2cc(C(C)(C)C)cc(C(C)(C)C)c2)[CH]1.[Cl][Zr][Cl]. The number of rotatable bonds is 3. The molecule has 0 atom stereocenters. The van der Waals surface area contributed by atoms with Gasteiger partial charge in [-0.1, -0.05) is 103 Å². The van der Waals surface area contributed by atoms with Crippen molar-refractivity contribution in [3.63, 3.8) is 0 Å². The summed E-state index contributed by atoms with van der Waals surface area (Å²) in [7, 11) is 9.87. The average Bonchev–Trinajstić information content (AvgIpc) is 3.03. The van der Waals surface area contributed by atoms with Crippen molar-refractivity contribution in [2.75, 3.05) is 0 Å². The number of benzene rings is 2. The van der Waals surface area contributed by atoms with Gasteiger partial charge in [0.25, 0.3) is 0 Å². The number of allylic oxidation sites excluding steroid dienone is 1. The Morgan fingerprint density at radius 1 is 0.862 bits per heavy atom. The summed E-state index contributed by atoms with van der Waals surface area (Å²) in [6, 6.07) is 13.9. The van der Waals surface area contributed by atoms with Gasteiger partial charge in [-0.25, -0.2) is 0 Å². The van der Waals surface area contributed by atoms with Crippen molar-refractivity contribution < 1.29 is 20.8 Å². The van der Waals surface area contributed by atoms with Gasteiger partial charge in [0, 0.05) is 6.42 Å². The molecule has 1 radical (unpaired) electrons. The molecule has 0 nitrogen and oxygen atoms in total. The molecule has 3 rings (SSSR count). The van der Waals surface area contributed by atoms with E-state index in [1.54, 1.807) is 0 Å². The van der Waals surface area contributed by atoms with E-state index in [0.29, 0.717) is 0 Å². The zero-order valence-corrected chi connectivity index (χ0v) is 22.8. The molecule has 0 saturated heterocycles. The summed E-state index contributed by atoms with van der Waals surface area (Å²) >= 11 is -0.826. The van der Waals surface area contributed by atoms with Crippen LogP contribution in [0.25, 0.3) is 17.2 Å². The summed E-state index contributed by atoms with van der Waals surface area (Å²) in [4.78, 5) is 0. The third kappa shape index (κ3) is 6.56. The van der Waals surface area contributed by atoms with E-state index >= 15 is 0 Å². The molecule has 0 aromatic heterocycles.